The number of nitrogens with zero attached hydrogens (tertiary/aromatic N) is 3. The fourth-order valence-electron chi connectivity index (χ4n) is 4.07. The molecular formula is C22H30N4OS. The molecule has 0 bridgehead atoms. The number of hydrogen-bond donors (Lipinski definition) is 1. The maximum absolute atomic E-state index is 12.7. The first kappa shape index (κ1) is 19.4. The number of rotatable bonds is 5. The third-order valence-corrected chi connectivity index (χ3v) is 7.02. The second-order valence-corrected chi connectivity index (χ2v) is 9.26. The van der Waals surface area contributed by atoms with Crippen LogP contribution in [0.15, 0.2) is 24.3 Å². The third kappa shape index (κ3) is 4.55. The number of carbonyl (C=O) groups excluding carboxylic acids is 1. The van der Waals surface area contributed by atoms with Gasteiger partial charge in [0.15, 0.2) is 0 Å². The Bertz CT molecular complexity index is 802. The molecule has 0 spiro atoms. The molecule has 1 amide bonds. The molecular weight excluding hydrogens is 368 g/mol. The molecule has 1 N–H and O–H groups in total. The summed E-state index contributed by atoms with van der Waals surface area (Å²) in [5, 5.41) is 4.08. The average molecular weight is 399 g/mol. The van der Waals surface area contributed by atoms with Gasteiger partial charge in [0.05, 0.1) is 12.2 Å². The molecule has 0 saturated carbocycles. The largest absolute Gasteiger partial charge is 0.372 e. The van der Waals surface area contributed by atoms with E-state index in [9.17, 15) is 4.79 Å². The summed E-state index contributed by atoms with van der Waals surface area (Å²) in [6.07, 6.45) is 5.04. The Hall–Kier alpha value is -1.92. The molecule has 1 aromatic carbocycles. The fraction of sp³-hybridized carbons (Fsp3) is 0.545. The van der Waals surface area contributed by atoms with E-state index in [2.05, 4.69) is 39.2 Å². The lowest BCUT2D eigenvalue weighted by molar-refractivity contribution is 0.103. The van der Waals surface area contributed by atoms with Crippen LogP contribution in [0.3, 0.4) is 0 Å². The summed E-state index contributed by atoms with van der Waals surface area (Å²) in [5.41, 5.74) is 2.91. The molecule has 3 heterocycles. The van der Waals surface area contributed by atoms with Crippen LogP contribution >= 0.6 is 11.3 Å². The summed E-state index contributed by atoms with van der Waals surface area (Å²) < 4.78 is 0. The van der Waals surface area contributed by atoms with Crippen molar-refractivity contribution in [3.05, 3.63) is 39.8 Å². The van der Waals surface area contributed by atoms with Crippen LogP contribution in [0.5, 0.6) is 0 Å². The van der Waals surface area contributed by atoms with Crippen molar-refractivity contribution in [1.29, 1.82) is 0 Å². The van der Waals surface area contributed by atoms with E-state index in [-0.39, 0.29) is 5.91 Å². The molecule has 28 heavy (non-hydrogen) atoms. The van der Waals surface area contributed by atoms with E-state index in [1.54, 1.807) is 0 Å². The van der Waals surface area contributed by atoms with E-state index in [1.165, 1.54) is 42.7 Å². The summed E-state index contributed by atoms with van der Waals surface area (Å²) in [5.74, 6) is 0.773. The van der Waals surface area contributed by atoms with Gasteiger partial charge in [-0.25, -0.2) is 4.98 Å². The molecule has 0 radical (unpaired) electrons. The highest BCUT2D eigenvalue weighted by molar-refractivity contribution is 7.13. The third-order valence-electron chi connectivity index (χ3n) is 5.88. The molecule has 2 aromatic rings. The molecule has 2 aliphatic rings. The fourth-order valence-corrected chi connectivity index (χ4v) is 5.08. The lowest BCUT2D eigenvalue weighted by atomic mass is 9.99. The SMILES string of the molecule is Cc1nc(CN2CCCC2)sc1C(=O)Nc1ccc(N2CCC(C)CC2)cc1. The molecule has 1 aromatic heterocycles. The van der Waals surface area contributed by atoms with Crippen molar-refractivity contribution in [3.8, 4) is 0 Å². The van der Waals surface area contributed by atoms with E-state index < -0.39 is 0 Å². The lowest BCUT2D eigenvalue weighted by Gasteiger charge is -2.32. The highest BCUT2D eigenvalue weighted by atomic mass is 32.1. The van der Waals surface area contributed by atoms with Crippen LogP contribution < -0.4 is 10.2 Å². The molecule has 0 aliphatic carbocycles. The Labute approximate surface area is 171 Å². The number of amides is 1. The number of likely N-dealkylation sites (tertiary alicyclic amines) is 1. The summed E-state index contributed by atoms with van der Waals surface area (Å²) in [6, 6.07) is 8.24. The Balaban J connectivity index is 1.37. The summed E-state index contributed by atoms with van der Waals surface area (Å²) in [4.78, 5) is 22.9. The number of aryl methyl sites for hydroxylation is 1. The molecule has 5 nitrogen and oxygen atoms in total. The molecule has 0 atom stereocenters. The van der Waals surface area contributed by atoms with Crippen molar-refractivity contribution in [3.63, 3.8) is 0 Å². The van der Waals surface area contributed by atoms with E-state index >= 15 is 0 Å². The number of hydrogen-bond acceptors (Lipinski definition) is 5. The van der Waals surface area contributed by atoms with Crippen LogP contribution in [0.2, 0.25) is 0 Å². The van der Waals surface area contributed by atoms with Gasteiger partial charge in [-0.2, -0.15) is 0 Å². The number of thiazole rings is 1. The Kier molecular flexibility index (Phi) is 5.97. The zero-order valence-corrected chi connectivity index (χ0v) is 17.7. The van der Waals surface area contributed by atoms with Gasteiger partial charge in [-0.15, -0.1) is 11.3 Å². The van der Waals surface area contributed by atoms with Crippen molar-refractivity contribution >= 4 is 28.6 Å². The zero-order chi connectivity index (χ0) is 19.5. The van der Waals surface area contributed by atoms with Crippen LogP contribution in [0.25, 0.3) is 0 Å². The van der Waals surface area contributed by atoms with Crippen molar-refractivity contribution in [2.75, 3.05) is 36.4 Å². The zero-order valence-electron chi connectivity index (χ0n) is 16.9. The molecule has 2 saturated heterocycles. The van der Waals surface area contributed by atoms with Crippen molar-refractivity contribution in [1.82, 2.24) is 9.88 Å². The minimum atomic E-state index is -0.0535. The second kappa shape index (κ2) is 8.62. The molecule has 0 unspecified atom stereocenters. The topological polar surface area (TPSA) is 48.5 Å². The van der Waals surface area contributed by atoms with E-state index in [4.69, 9.17) is 0 Å². The number of carbonyl (C=O) groups is 1. The Morgan fingerprint density at radius 2 is 1.82 bits per heavy atom. The van der Waals surface area contributed by atoms with E-state index in [1.807, 2.05) is 19.1 Å². The molecule has 2 fully saturated rings. The number of benzene rings is 1. The minimum absolute atomic E-state index is 0.0535. The van der Waals surface area contributed by atoms with Crippen LogP contribution in [0.4, 0.5) is 11.4 Å². The van der Waals surface area contributed by atoms with E-state index in [0.717, 1.165) is 59.9 Å². The maximum Gasteiger partial charge on any atom is 0.267 e. The number of aromatic nitrogens is 1. The number of anilines is 2. The lowest BCUT2D eigenvalue weighted by Crippen LogP contribution is -2.32. The monoisotopic (exact) mass is 398 g/mol. The average Bonchev–Trinajstić information content (AvgIpc) is 3.33. The predicted molar refractivity (Wildman–Crippen MR) is 116 cm³/mol. The van der Waals surface area contributed by atoms with Gasteiger partial charge in [0, 0.05) is 24.5 Å². The van der Waals surface area contributed by atoms with Gasteiger partial charge < -0.3 is 10.2 Å². The van der Waals surface area contributed by atoms with Gasteiger partial charge in [-0.3, -0.25) is 9.69 Å². The van der Waals surface area contributed by atoms with Crippen LogP contribution in [-0.2, 0) is 6.54 Å². The highest BCUT2D eigenvalue weighted by Crippen LogP contribution is 2.26. The molecule has 4 rings (SSSR count). The first-order valence-electron chi connectivity index (χ1n) is 10.4. The summed E-state index contributed by atoms with van der Waals surface area (Å²) >= 11 is 1.53. The van der Waals surface area contributed by atoms with Crippen molar-refractivity contribution in [2.24, 2.45) is 5.92 Å². The Morgan fingerprint density at radius 3 is 2.50 bits per heavy atom. The van der Waals surface area contributed by atoms with Gasteiger partial charge in [0.1, 0.15) is 9.88 Å². The van der Waals surface area contributed by atoms with Crippen molar-refractivity contribution < 1.29 is 4.79 Å². The standard InChI is InChI=1S/C22H30N4OS/c1-16-9-13-26(14-10-16)19-7-5-18(6-8-19)24-22(27)21-17(2)23-20(28-21)15-25-11-3-4-12-25/h5-8,16H,3-4,9-15H2,1-2H3,(H,24,27). The predicted octanol–water partition coefficient (Wildman–Crippen LogP) is 4.54. The van der Waals surface area contributed by atoms with Crippen molar-refractivity contribution in [2.45, 2.75) is 46.1 Å². The van der Waals surface area contributed by atoms with Gasteiger partial charge in [0.25, 0.3) is 5.91 Å². The van der Waals surface area contributed by atoms with Gasteiger partial charge in [-0.05, 0) is 75.9 Å². The van der Waals surface area contributed by atoms with E-state index in [0.29, 0.717) is 0 Å². The minimum Gasteiger partial charge on any atom is -0.372 e. The molecule has 150 valence electrons. The normalized spacial score (nSPS) is 18.6. The number of nitrogens with one attached hydrogen (secondary N) is 1. The first-order chi connectivity index (χ1) is 13.6. The van der Waals surface area contributed by atoms with Crippen LogP contribution in [0, 0.1) is 12.8 Å². The first-order valence-corrected chi connectivity index (χ1v) is 11.2. The quantitative estimate of drug-likeness (QED) is 0.803. The van der Waals surface area contributed by atoms with Gasteiger partial charge in [-0.1, -0.05) is 6.92 Å². The summed E-state index contributed by atoms with van der Waals surface area (Å²) in [7, 11) is 0. The number of piperidine rings is 1. The Morgan fingerprint density at radius 1 is 1.14 bits per heavy atom. The van der Waals surface area contributed by atoms with Gasteiger partial charge >= 0.3 is 0 Å². The van der Waals surface area contributed by atoms with Crippen LogP contribution in [-0.4, -0.2) is 42.0 Å². The molecule has 6 heteroatoms. The smallest absolute Gasteiger partial charge is 0.267 e. The summed E-state index contributed by atoms with van der Waals surface area (Å²) in [6.45, 7) is 9.64. The molecule has 2 aliphatic heterocycles. The van der Waals surface area contributed by atoms with Crippen LogP contribution in [0.1, 0.15) is 53.0 Å². The maximum atomic E-state index is 12.7. The van der Waals surface area contributed by atoms with Gasteiger partial charge in [0.2, 0.25) is 0 Å². The highest BCUT2D eigenvalue weighted by Gasteiger charge is 2.19. The second-order valence-electron chi connectivity index (χ2n) is 8.18.